The first-order valence-corrected chi connectivity index (χ1v) is 18.2. The second-order valence-corrected chi connectivity index (χ2v) is 13.2. The fraction of sp³-hybridized carbons (Fsp3) is 0.234. The molecule has 0 unspecified atom stereocenters. The molecule has 6 aromatic rings. The zero-order chi connectivity index (χ0) is 36.1. The molecule has 0 spiro atoms. The van der Waals surface area contributed by atoms with Crippen molar-refractivity contribution in [2.45, 2.75) is 56.1 Å². The Bertz CT molecular complexity index is 1810. The van der Waals surface area contributed by atoms with Gasteiger partial charge in [0.1, 0.15) is 30.0 Å². The van der Waals surface area contributed by atoms with Crippen molar-refractivity contribution >= 4 is 0 Å². The van der Waals surface area contributed by atoms with E-state index in [1.165, 1.54) is 0 Å². The predicted octanol–water partition coefficient (Wildman–Crippen LogP) is 9.12. The van der Waals surface area contributed by atoms with E-state index >= 15 is 0 Å². The number of rotatable bonds is 16. The van der Waals surface area contributed by atoms with Crippen LogP contribution in [0.25, 0.3) is 0 Å². The molecule has 0 aliphatic carbocycles. The molecule has 270 valence electrons. The van der Waals surface area contributed by atoms with Gasteiger partial charge in [0.05, 0.1) is 26.4 Å². The molecule has 1 fully saturated rings. The molecule has 53 heavy (non-hydrogen) atoms. The Morgan fingerprint density at radius 1 is 0.434 bits per heavy atom. The lowest BCUT2D eigenvalue weighted by molar-refractivity contribution is -0.325. The van der Waals surface area contributed by atoms with Crippen LogP contribution in [0.4, 0.5) is 0 Å². The van der Waals surface area contributed by atoms with Gasteiger partial charge in [0, 0.05) is 7.11 Å². The molecule has 6 aromatic carbocycles. The Morgan fingerprint density at radius 3 is 1.15 bits per heavy atom. The topological polar surface area (TPSA) is 55.4 Å². The standard InChI is InChI=1S/C47H46O6/c1-48-46-45(51-34-38-24-12-4-13-25-38)44(50-33-37-22-10-3-11-23-37)43(49-32-36-20-8-2-9-21-36)42(53-46)35-52-47(39-26-14-5-15-27-39,40-28-16-6-17-29-40)41-30-18-7-19-31-41/h2-31,42-46H,32-35H2,1H3/t42-,43+,44+,45-,46+/m1/s1. The molecule has 0 aromatic heterocycles. The third kappa shape index (κ3) is 8.83. The van der Waals surface area contributed by atoms with Gasteiger partial charge in [-0.1, -0.05) is 182 Å². The van der Waals surface area contributed by atoms with Gasteiger partial charge in [-0.2, -0.15) is 0 Å². The number of benzene rings is 6. The minimum atomic E-state index is -0.958. The Balaban J connectivity index is 1.27. The van der Waals surface area contributed by atoms with Gasteiger partial charge < -0.3 is 28.4 Å². The Hall–Kier alpha value is -4.92. The van der Waals surface area contributed by atoms with Crippen LogP contribution in [0.15, 0.2) is 182 Å². The predicted molar refractivity (Wildman–Crippen MR) is 206 cm³/mol. The number of hydrogen-bond donors (Lipinski definition) is 0. The molecule has 0 N–H and O–H groups in total. The van der Waals surface area contributed by atoms with Crippen molar-refractivity contribution in [3.63, 3.8) is 0 Å². The van der Waals surface area contributed by atoms with Gasteiger partial charge in [-0.05, 0) is 33.4 Å². The molecule has 1 heterocycles. The maximum atomic E-state index is 7.32. The van der Waals surface area contributed by atoms with Crippen LogP contribution in [0, 0.1) is 0 Å². The monoisotopic (exact) mass is 706 g/mol. The fourth-order valence-electron chi connectivity index (χ4n) is 7.05. The van der Waals surface area contributed by atoms with Crippen LogP contribution in [0.1, 0.15) is 33.4 Å². The highest BCUT2D eigenvalue weighted by molar-refractivity contribution is 5.47. The van der Waals surface area contributed by atoms with E-state index in [4.69, 9.17) is 28.4 Å². The van der Waals surface area contributed by atoms with Crippen LogP contribution in [-0.4, -0.2) is 44.4 Å². The Morgan fingerprint density at radius 2 is 0.774 bits per heavy atom. The van der Waals surface area contributed by atoms with E-state index in [0.29, 0.717) is 19.8 Å². The first kappa shape index (κ1) is 36.4. The third-order valence-corrected chi connectivity index (χ3v) is 9.68. The van der Waals surface area contributed by atoms with Crippen LogP contribution in [-0.2, 0) is 53.8 Å². The third-order valence-electron chi connectivity index (χ3n) is 9.68. The average molecular weight is 707 g/mol. The van der Waals surface area contributed by atoms with Gasteiger partial charge in [-0.25, -0.2) is 0 Å². The van der Waals surface area contributed by atoms with E-state index < -0.39 is 36.3 Å². The van der Waals surface area contributed by atoms with Crippen molar-refractivity contribution in [1.82, 2.24) is 0 Å². The minimum Gasteiger partial charge on any atom is -0.368 e. The fourth-order valence-corrected chi connectivity index (χ4v) is 7.05. The van der Waals surface area contributed by atoms with Gasteiger partial charge in [-0.15, -0.1) is 0 Å². The highest BCUT2D eigenvalue weighted by Crippen LogP contribution is 2.42. The van der Waals surface area contributed by atoms with Crippen LogP contribution in [0.2, 0.25) is 0 Å². The van der Waals surface area contributed by atoms with E-state index in [2.05, 4.69) is 60.7 Å². The van der Waals surface area contributed by atoms with Crippen LogP contribution in [0.5, 0.6) is 0 Å². The smallest absolute Gasteiger partial charge is 0.186 e. The molecular weight excluding hydrogens is 661 g/mol. The normalized spacial score (nSPS) is 20.2. The highest BCUT2D eigenvalue weighted by Gasteiger charge is 2.50. The molecule has 6 heteroatoms. The Kier molecular flexibility index (Phi) is 12.5. The first-order valence-electron chi connectivity index (χ1n) is 18.2. The molecule has 0 amide bonds. The van der Waals surface area contributed by atoms with Crippen LogP contribution in [0.3, 0.4) is 0 Å². The lowest BCUT2D eigenvalue weighted by atomic mass is 9.80. The molecule has 0 bridgehead atoms. The van der Waals surface area contributed by atoms with Crippen molar-refractivity contribution in [2.75, 3.05) is 13.7 Å². The van der Waals surface area contributed by atoms with Gasteiger partial charge in [0.2, 0.25) is 0 Å². The Labute approximate surface area is 312 Å². The van der Waals surface area contributed by atoms with Crippen molar-refractivity contribution in [1.29, 1.82) is 0 Å². The maximum absolute atomic E-state index is 7.32. The van der Waals surface area contributed by atoms with Crippen molar-refractivity contribution in [2.24, 2.45) is 0 Å². The molecular formula is C47H46O6. The zero-order valence-electron chi connectivity index (χ0n) is 30.0. The number of ether oxygens (including phenoxy) is 6. The summed E-state index contributed by atoms with van der Waals surface area (Å²) >= 11 is 0. The number of hydrogen-bond acceptors (Lipinski definition) is 6. The van der Waals surface area contributed by atoms with Gasteiger partial charge in [-0.3, -0.25) is 0 Å². The van der Waals surface area contributed by atoms with Crippen LogP contribution >= 0.6 is 0 Å². The summed E-state index contributed by atoms with van der Waals surface area (Å²) in [4.78, 5) is 0. The molecule has 1 aliphatic heterocycles. The molecule has 5 atom stereocenters. The minimum absolute atomic E-state index is 0.161. The zero-order valence-corrected chi connectivity index (χ0v) is 30.0. The summed E-state index contributed by atoms with van der Waals surface area (Å²) in [5, 5.41) is 0. The number of methoxy groups -OCH3 is 1. The highest BCUT2D eigenvalue weighted by atomic mass is 16.7. The van der Waals surface area contributed by atoms with E-state index in [-0.39, 0.29) is 6.61 Å². The van der Waals surface area contributed by atoms with Crippen molar-refractivity contribution in [3.05, 3.63) is 215 Å². The molecule has 0 saturated carbocycles. The van der Waals surface area contributed by atoms with E-state index in [1.54, 1.807) is 7.11 Å². The summed E-state index contributed by atoms with van der Waals surface area (Å²) < 4.78 is 40.6. The first-order chi connectivity index (χ1) is 26.2. The summed E-state index contributed by atoms with van der Waals surface area (Å²) in [6.45, 7) is 1.22. The SMILES string of the molecule is CO[C@H]1O[C@H](COC(c2ccccc2)(c2ccccc2)c2ccccc2)[C@H](OCc2ccccc2)[C@H](OCc2ccccc2)[C@H]1OCc1ccccc1. The van der Waals surface area contributed by atoms with E-state index in [0.717, 1.165) is 33.4 Å². The summed E-state index contributed by atoms with van der Waals surface area (Å²) in [6, 6.07) is 61.4. The summed E-state index contributed by atoms with van der Waals surface area (Å²) in [6.07, 6.45) is -3.13. The van der Waals surface area contributed by atoms with Gasteiger partial charge in [0.15, 0.2) is 6.29 Å². The summed E-state index contributed by atoms with van der Waals surface area (Å²) in [5.41, 5.74) is 5.16. The van der Waals surface area contributed by atoms with Crippen molar-refractivity contribution < 1.29 is 28.4 Å². The molecule has 0 radical (unpaired) electrons. The van der Waals surface area contributed by atoms with E-state index in [9.17, 15) is 0 Å². The molecule has 6 nitrogen and oxygen atoms in total. The second kappa shape index (κ2) is 18.2. The summed E-state index contributed by atoms with van der Waals surface area (Å²) in [7, 11) is 1.64. The van der Waals surface area contributed by atoms with Crippen molar-refractivity contribution in [3.8, 4) is 0 Å². The quantitative estimate of drug-likeness (QED) is 0.0937. The summed E-state index contributed by atoms with van der Waals surface area (Å²) in [5.74, 6) is 0. The second-order valence-electron chi connectivity index (χ2n) is 13.2. The lowest BCUT2D eigenvalue weighted by Gasteiger charge is -2.46. The van der Waals surface area contributed by atoms with Gasteiger partial charge in [0.25, 0.3) is 0 Å². The molecule has 1 aliphatic rings. The van der Waals surface area contributed by atoms with Gasteiger partial charge >= 0.3 is 0 Å². The largest absolute Gasteiger partial charge is 0.368 e. The molecule has 7 rings (SSSR count). The molecule has 1 saturated heterocycles. The van der Waals surface area contributed by atoms with E-state index in [1.807, 2.05) is 121 Å². The van der Waals surface area contributed by atoms with Crippen LogP contribution < -0.4 is 0 Å². The maximum Gasteiger partial charge on any atom is 0.186 e. The lowest BCUT2D eigenvalue weighted by Crippen LogP contribution is -2.62. The average Bonchev–Trinajstić information content (AvgIpc) is 3.24.